The third-order valence-corrected chi connectivity index (χ3v) is 6.48. The van der Waals surface area contributed by atoms with Crippen LogP contribution in [0.2, 0.25) is 0 Å². The fourth-order valence-corrected chi connectivity index (χ4v) is 4.63. The molecule has 0 spiro atoms. The average molecular weight is 494 g/mol. The monoisotopic (exact) mass is 493 g/mol. The van der Waals surface area contributed by atoms with Crippen molar-refractivity contribution >= 4 is 33.1 Å². The van der Waals surface area contributed by atoms with Crippen LogP contribution in [-0.2, 0) is 19.6 Å². The van der Waals surface area contributed by atoms with E-state index in [1.807, 2.05) is 54.6 Å². The Bertz CT molecular complexity index is 1410. The summed E-state index contributed by atoms with van der Waals surface area (Å²) in [7, 11) is 0. The zero-order chi connectivity index (χ0) is 24.9. The molecule has 5 N–H and O–H groups in total. The second-order valence-electron chi connectivity index (χ2n) is 9.23. The highest BCUT2D eigenvalue weighted by Crippen LogP contribution is 2.13. The molecule has 0 amide bonds. The number of fused-ring (bicyclic) bond motifs is 3. The van der Waals surface area contributed by atoms with Crippen LogP contribution in [0.25, 0.3) is 33.1 Å². The van der Waals surface area contributed by atoms with Crippen LogP contribution >= 0.6 is 0 Å². The van der Waals surface area contributed by atoms with E-state index in [9.17, 15) is 0 Å². The summed E-state index contributed by atoms with van der Waals surface area (Å²) < 4.78 is 0. The Morgan fingerprint density at radius 1 is 0.541 bits per heavy atom. The molecule has 9 nitrogen and oxygen atoms in total. The van der Waals surface area contributed by atoms with Crippen molar-refractivity contribution in [1.29, 1.82) is 0 Å². The smallest absolute Gasteiger partial charge is 0.121 e. The minimum absolute atomic E-state index is 0.706. The summed E-state index contributed by atoms with van der Waals surface area (Å²) in [4.78, 5) is 26.8. The number of nitrogens with one attached hydrogen (secondary N) is 5. The number of hydrogen-bond donors (Lipinski definition) is 5. The Kier molecular flexibility index (Phi) is 6.89. The topological polar surface area (TPSA) is 113 Å². The van der Waals surface area contributed by atoms with E-state index in [0.29, 0.717) is 13.1 Å². The molecule has 188 valence electrons. The number of imidazole rings is 3. The average Bonchev–Trinajstić information content (AvgIpc) is 3.64. The minimum Gasteiger partial charge on any atom is -0.341 e. The molecule has 0 bridgehead atoms. The summed E-state index contributed by atoms with van der Waals surface area (Å²) in [6, 6.07) is 24.4. The lowest BCUT2D eigenvalue weighted by Gasteiger charge is -2.21. The van der Waals surface area contributed by atoms with E-state index in [0.717, 1.165) is 83.3 Å². The molecule has 0 atom stereocenters. The lowest BCUT2D eigenvalue weighted by atomic mass is 10.3. The second-order valence-corrected chi connectivity index (χ2v) is 9.23. The summed E-state index contributed by atoms with van der Waals surface area (Å²) in [5.74, 6) is 2.89. The van der Waals surface area contributed by atoms with Crippen LogP contribution < -0.4 is 10.6 Å². The number of H-pyrrole nitrogens is 3. The fourth-order valence-electron chi connectivity index (χ4n) is 4.63. The Morgan fingerprint density at radius 3 is 1.41 bits per heavy atom. The van der Waals surface area contributed by atoms with Crippen molar-refractivity contribution in [1.82, 2.24) is 45.4 Å². The predicted molar refractivity (Wildman–Crippen MR) is 147 cm³/mol. The standard InChI is InChI=1S/C28H31N9/c1-2-8-21-20(7-1)31-26(32-21)17-29-13-15-37(19-28-35-24-11-5-6-12-25(24)36-28)16-14-30-18-27-33-22-9-3-4-10-23(22)34-27/h1-12,29-30H,13-19H2,(H,31,32)(H,33,34)(H,35,36). The normalized spacial score (nSPS) is 11.9. The Morgan fingerprint density at radius 2 is 0.946 bits per heavy atom. The van der Waals surface area contributed by atoms with Gasteiger partial charge in [0.05, 0.1) is 52.7 Å². The quantitative estimate of drug-likeness (QED) is 0.166. The molecule has 0 fully saturated rings. The van der Waals surface area contributed by atoms with E-state index in [1.165, 1.54) is 0 Å². The highest BCUT2D eigenvalue weighted by Gasteiger charge is 2.10. The van der Waals surface area contributed by atoms with Crippen molar-refractivity contribution in [3.8, 4) is 0 Å². The summed E-state index contributed by atoms with van der Waals surface area (Å²) in [5.41, 5.74) is 6.22. The van der Waals surface area contributed by atoms with Gasteiger partial charge in [0.15, 0.2) is 0 Å². The van der Waals surface area contributed by atoms with Gasteiger partial charge in [0.25, 0.3) is 0 Å². The first-order chi connectivity index (χ1) is 18.3. The fraction of sp³-hybridized carbons (Fsp3) is 0.250. The lowest BCUT2D eigenvalue weighted by Crippen LogP contribution is -2.36. The van der Waals surface area contributed by atoms with E-state index in [2.05, 4.69) is 58.7 Å². The Balaban J connectivity index is 1.04. The number of rotatable bonds is 12. The first-order valence-corrected chi connectivity index (χ1v) is 12.7. The number of para-hydroxylation sites is 6. The first kappa shape index (κ1) is 23.4. The molecule has 37 heavy (non-hydrogen) atoms. The molecule has 3 aromatic carbocycles. The maximum atomic E-state index is 4.78. The second kappa shape index (κ2) is 10.9. The molecule has 0 saturated carbocycles. The van der Waals surface area contributed by atoms with Crippen molar-refractivity contribution in [2.75, 3.05) is 26.2 Å². The van der Waals surface area contributed by atoms with Crippen molar-refractivity contribution < 1.29 is 0 Å². The van der Waals surface area contributed by atoms with Gasteiger partial charge < -0.3 is 25.6 Å². The van der Waals surface area contributed by atoms with Gasteiger partial charge in [-0.05, 0) is 36.4 Å². The van der Waals surface area contributed by atoms with Crippen LogP contribution in [0.3, 0.4) is 0 Å². The van der Waals surface area contributed by atoms with Gasteiger partial charge in [-0.1, -0.05) is 36.4 Å². The van der Waals surface area contributed by atoms with Crippen LogP contribution in [0, 0.1) is 0 Å². The molecule has 0 unspecified atom stereocenters. The molecule has 0 saturated heterocycles. The number of aromatic nitrogens is 6. The number of aromatic amines is 3. The Hall–Kier alpha value is -4.05. The van der Waals surface area contributed by atoms with Gasteiger partial charge in [-0.3, -0.25) is 4.90 Å². The van der Waals surface area contributed by atoms with Crippen LogP contribution in [0.5, 0.6) is 0 Å². The van der Waals surface area contributed by atoms with Crippen molar-refractivity contribution in [3.63, 3.8) is 0 Å². The van der Waals surface area contributed by atoms with Crippen LogP contribution in [0.1, 0.15) is 17.5 Å². The molecule has 3 heterocycles. The van der Waals surface area contributed by atoms with Gasteiger partial charge >= 0.3 is 0 Å². The molecule has 9 heteroatoms. The zero-order valence-electron chi connectivity index (χ0n) is 20.7. The third-order valence-electron chi connectivity index (χ3n) is 6.48. The highest BCUT2D eigenvalue weighted by molar-refractivity contribution is 5.75. The molecular formula is C28H31N9. The van der Waals surface area contributed by atoms with Crippen LogP contribution in [0.4, 0.5) is 0 Å². The first-order valence-electron chi connectivity index (χ1n) is 12.7. The molecular weight excluding hydrogens is 462 g/mol. The van der Waals surface area contributed by atoms with Crippen molar-refractivity contribution in [2.24, 2.45) is 0 Å². The van der Waals surface area contributed by atoms with Gasteiger partial charge in [0.2, 0.25) is 0 Å². The molecule has 6 rings (SSSR count). The lowest BCUT2D eigenvalue weighted by molar-refractivity contribution is 0.258. The van der Waals surface area contributed by atoms with Gasteiger partial charge in [-0.2, -0.15) is 0 Å². The molecule has 0 radical (unpaired) electrons. The summed E-state index contributed by atoms with van der Waals surface area (Å²) in [6.07, 6.45) is 0. The molecule has 6 aromatic rings. The maximum absolute atomic E-state index is 4.78. The maximum Gasteiger partial charge on any atom is 0.121 e. The summed E-state index contributed by atoms with van der Waals surface area (Å²) >= 11 is 0. The third kappa shape index (κ3) is 5.69. The van der Waals surface area contributed by atoms with Gasteiger partial charge in [-0.25, -0.2) is 15.0 Å². The minimum atomic E-state index is 0.706. The van der Waals surface area contributed by atoms with E-state index in [-0.39, 0.29) is 0 Å². The predicted octanol–water partition coefficient (Wildman–Crippen LogP) is 3.70. The van der Waals surface area contributed by atoms with E-state index in [4.69, 9.17) is 4.98 Å². The number of nitrogens with zero attached hydrogens (tertiary/aromatic N) is 4. The van der Waals surface area contributed by atoms with E-state index in [1.54, 1.807) is 0 Å². The molecule has 0 aliphatic heterocycles. The summed E-state index contributed by atoms with van der Waals surface area (Å²) in [5, 5.41) is 7.07. The summed E-state index contributed by atoms with van der Waals surface area (Å²) in [6.45, 7) is 5.65. The van der Waals surface area contributed by atoms with E-state index < -0.39 is 0 Å². The van der Waals surface area contributed by atoms with Gasteiger partial charge in [0.1, 0.15) is 17.5 Å². The Labute approximate surface area is 214 Å². The van der Waals surface area contributed by atoms with Gasteiger partial charge in [0, 0.05) is 26.2 Å². The van der Waals surface area contributed by atoms with Gasteiger partial charge in [-0.15, -0.1) is 0 Å². The van der Waals surface area contributed by atoms with Crippen molar-refractivity contribution in [3.05, 3.63) is 90.3 Å². The molecule has 3 aromatic heterocycles. The largest absolute Gasteiger partial charge is 0.341 e. The van der Waals surface area contributed by atoms with Crippen molar-refractivity contribution in [2.45, 2.75) is 19.6 Å². The molecule has 0 aliphatic rings. The van der Waals surface area contributed by atoms with E-state index >= 15 is 0 Å². The number of benzene rings is 3. The highest BCUT2D eigenvalue weighted by atomic mass is 15.2. The zero-order valence-corrected chi connectivity index (χ0v) is 20.7. The SMILES string of the molecule is c1ccc2[nH]c(CNCCN(CCNCc3nc4ccccc4[nH]3)Cc3nc4ccccc4[nH]3)nc2c1. The number of hydrogen-bond acceptors (Lipinski definition) is 6. The van der Waals surface area contributed by atoms with Crippen LogP contribution in [-0.4, -0.2) is 61.0 Å². The molecule has 0 aliphatic carbocycles. The van der Waals surface area contributed by atoms with Crippen LogP contribution in [0.15, 0.2) is 72.8 Å².